The molecule has 0 saturated carbocycles. The molecule has 0 radical (unpaired) electrons. The van der Waals surface area contributed by atoms with Crippen molar-refractivity contribution in [3.8, 4) is 5.75 Å². The van der Waals surface area contributed by atoms with Crippen LogP contribution in [-0.4, -0.2) is 48.5 Å². The monoisotopic (exact) mass is 370 g/mol. The molecule has 0 aromatic heterocycles. The molecule has 26 heavy (non-hydrogen) atoms. The summed E-state index contributed by atoms with van der Waals surface area (Å²) >= 11 is 6.06. The second-order valence-electron chi connectivity index (χ2n) is 7.00. The molecule has 4 rings (SSSR count). The van der Waals surface area contributed by atoms with E-state index < -0.39 is 0 Å². The van der Waals surface area contributed by atoms with Gasteiger partial charge in [0, 0.05) is 44.2 Å². The minimum Gasteiger partial charge on any atom is -0.493 e. The van der Waals surface area contributed by atoms with Crippen LogP contribution in [0.2, 0.25) is 5.02 Å². The van der Waals surface area contributed by atoms with Crippen molar-refractivity contribution in [2.24, 2.45) is 0 Å². The third-order valence-electron chi connectivity index (χ3n) is 5.13. The maximum Gasteiger partial charge on any atom is 0.227 e. The number of benzene rings is 2. The van der Waals surface area contributed by atoms with Crippen LogP contribution in [0.5, 0.6) is 5.75 Å². The van der Waals surface area contributed by atoms with Crippen molar-refractivity contribution >= 4 is 17.5 Å². The smallest absolute Gasteiger partial charge is 0.227 e. The molecule has 2 aromatic carbocycles. The highest BCUT2D eigenvalue weighted by atomic mass is 35.5. The molecule has 0 N–H and O–H groups in total. The minimum absolute atomic E-state index is 0.214. The number of halogens is 1. The first-order valence-electron chi connectivity index (χ1n) is 9.16. The Balaban J connectivity index is 1.29. The largest absolute Gasteiger partial charge is 0.493 e. The fourth-order valence-corrected chi connectivity index (χ4v) is 3.90. The normalized spacial score (nSPS) is 17.0. The Morgan fingerprint density at radius 1 is 1.04 bits per heavy atom. The van der Waals surface area contributed by atoms with Gasteiger partial charge in [-0.15, -0.1) is 0 Å². The van der Waals surface area contributed by atoms with Gasteiger partial charge in [0.2, 0.25) is 5.91 Å². The van der Waals surface area contributed by atoms with Gasteiger partial charge in [-0.2, -0.15) is 0 Å². The van der Waals surface area contributed by atoms with Crippen LogP contribution in [0.25, 0.3) is 0 Å². The standard InChI is InChI=1S/C21H23ClN2O2/c22-19-3-1-2-17(13-19)15-23-7-9-24(10-8-23)21(25)14-16-4-5-20-18(12-16)6-11-26-20/h1-5,12-13H,6-11,14-15H2. The first-order chi connectivity index (χ1) is 12.7. The molecular weight excluding hydrogens is 348 g/mol. The summed E-state index contributed by atoms with van der Waals surface area (Å²) in [4.78, 5) is 17.0. The van der Waals surface area contributed by atoms with E-state index in [1.807, 2.05) is 35.2 Å². The zero-order valence-electron chi connectivity index (χ0n) is 14.8. The van der Waals surface area contributed by atoms with Gasteiger partial charge in [-0.25, -0.2) is 0 Å². The lowest BCUT2D eigenvalue weighted by atomic mass is 10.1. The van der Waals surface area contributed by atoms with Gasteiger partial charge in [0.15, 0.2) is 0 Å². The number of carbonyl (C=O) groups excluding carboxylic acids is 1. The lowest BCUT2D eigenvalue weighted by molar-refractivity contribution is -0.132. The summed E-state index contributed by atoms with van der Waals surface area (Å²) in [7, 11) is 0. The summed E-state index contributed by atoms with van der Waals surface area (Å²) < 4.78 is 5.53. The van der Waals surface area contributed by atoms with Crippen LogP contribution in [-0.2, 0) is 24.2 Å². The number of amides is 1. The summed E-state index contributed by atoms with van der Waals surface area (Å²) in [6.07, 6.45) is 1.42. The number of piperazine rings is 1. The van der Waals surface area contributed by atoms with Gasteiger partial charge in [-0.1, -0.05) is 35.9 Å². The molecular formula is C21H23ClN2O2. The number of ether oxygens (including phenoxy) is 1. The Hall–Kier alpha value is -2.04. The molecule has 0 unspecified atom stereocenters. The van der Waals surface area contributed by atoms with Crippen molar-refractivity contribution in [2.75, 3.05) is 32.8 Å². The van der Waals surface area contributed by atoms with E-state index in [1.165, 1.54) is 11.1 Å². The molecule has 2 aliphatic rings. The van der Waals surface area contributed by atoms with Crippen molar-refractivity contribution in [1.29, 1.82) is 0 Å². The van der Waals surface area contributed by atoms with Gasteiger partial charge in [0.25, 0.3) is 0 Å². The van der Waals surface area contributed by atoms with Gasteiger partial charge >= 0.3 is 0 Å². The summed E-state index contributed by atoms with van der Waals surface area (Å²) in [5.41, 5.74) is 3.53. The van der Waals surface area contributed by atoms with Crippen LogP contribution < -0.4 is 4.74 Å². The number of carbonyl (C=O) groups is 1. The Morgan fingerprint density at radius 2 is 1.88 bits per heavy atom. The molecule has 1 saturated heterocycles. The van der Waals surface area contributed by atoms with Gasteiger partial charge in [0.05, 0.1) is 13.0 Å². The molecule has 5 heteroatoms. The van der Waals surface area contributed by atoms with Crippen LogP contribution in [0, 0.1) is 0 Å². The number of fused-ring (bicyclic) bond motifs is 1. The highest BCUT2D eigenvalue weighted by Gasteiger charge is 2.22. The minimum atomic E-state index is 0.214. The third kappa shape index (κ3) is 4.02. The van der Waals surface area contributed by atoms with Crippen LogP contribution in [0.15, 0.2) is 42.5 Å². The molecule has 0 bridgehead atoms. The second-order valence-corrected chi connectivity index (χ2v) is 7.44. The molecule has 1 amide bonds. The van der Waals surface area contributed by atoms with E-state index in [4.69, 9.17) is 16.3 Å². The van der Waals surface area contributed by atoms with E-state index in [1.54, 1.807) is 0 Å². The zero-order valence-corrected chi connectivity index (χ0v) is 15.5. The van der Waals surface area contributed by atoms with Crippen molar-refractivity contribution in [3.05, 3.63) is 64.2 Å². The second kappa shape index (κ2) is 7.68. The highest BCUT2D eigenvalue weighted by Crippen LogP contribution is 2.26. The molecule has 0 aliphatic carbocycles. The number of hydrogen-bond acceptors (Lipinski definition) is 3. The number of hydrogen-bond donors (Lipinski definition) is 0. The predicted molar refractivity (Wildman–Crippen MR) is 103 cm³/mol. The van der Waals surface area contributed by atoms with Gasteiger partial charge in [-0.05, 0) is 34.9 Å². The molecule has 0 spiro atoms. The van der Waals surface area contributed by atoms with Crippen molar-refractivity contribution in [2.45, 2.75) is 19.4 Å². The Labute approximate surface area is 159 Å². The topological polar surface area (TPSA) is 32.8 Å². The predicted octanol–water partition coefficient (Wildman–Crippen LogP) is 3.16. The summed E-state index contributed by atoms with van der Waals surface area (Å²) in [5.74, 6) is 1.18. The summed E-state index contributed by atoms with van der Waals surface area (Å²) in [6.45, 7) is 5.00. The quantitative estimate of drug-likeness (QED) is 0.828. The number of rotatable bonds is 4. The van der Waals surface area contributed by atoms with Gasteiger partial charge < -0.3 is 9.64 Å². The lowest BCUT2D eigenvalue weighted by Crippen LogP contribution is -2.48. The fourth-order valence-electron chi connectivity index (χ4n) is 3.69. The first kappa shape index (κ1) is 17.4. The molecule has 136 valence electrons. The zero-order chi connectivity index (χ0) is 17.9. The van der Waals surface area contributed by atoms with Crippen LogP contribution in [0.4, 0.5) is 0 Å². The van der Waals surface area contributed by atoms with E-state index >= 15 is 0 Å². The Morgan fingerprint density at radius 3 is 2.69 bits per heavy atom. The summed E-state index contributed by atoms with van der Waals surface area (Å²) in [6, 6.07) is 14.1. The van der Waals surface area contributed by atoms with Crippen LogP contribution in [0.3, 0.4) is 0 Å². The van der Waals surface area contributed by atoms with Crippen molar-refractivity contribution in [1.82, 2.24) is 9.80 Å². The SMILES string of the molecule is O=C(Cc1ccc2c(c1)CCO2)N1CCN(Cc2cccc(Cl)c2)CC1. The number of nitrogens with zero attached hydrogens (tertiary/aromatic N) is 2. The Bertz CT molecular complexity index is 800. The molecule has 4 nitrogen and oxygen atoms in total. The van der Waals surface area contributed by atoms with Crippen molar-refractivity contribution in [3.63, 3.8) is 0 Å². The highest BCUT2D eigenvalue weighted by molar-refractivity contribution is 6.30. The summed E-state index contributed by atoms with van der Waals surface area (Å²) in [5, 5.41) is 0.774. The van der Waals surface area contributed by atoms with E-state index in [-0.39, 0.29) is 5.91 Å². The third-order valence-corrected chi connectivity index (χ3v) is 5.36. The van der Waals surface area contributed by atoms with E-state index in [9.17, 15) is 4.79 Å². The average molecular weight is 371 g/mol. The molecule has 2 aromatic rings. The van der Waals surface area contributed by atoms with E-state index in [2.05, 4.69) is 17.0 Å². The Kier molecular flexibility index (Phi) is 5.14. The van der Waals surface area contributed by atoms with Crippen molar-refractivity contribution < 1.29 is 9.53 Å². The maximum atomic E-state index is 12.6. The fraction of sp³-hybridized carbons (Fsp3) is 0.381. The molecule has 1 fully saturated rings. The van der Waals surface area contributed by atoms with E-state index in [0.29, 0.717) is 6.42 Å². The van der Waals surface area contributed by atoms with Crippen LogP contribution in [0.1, 0.15) is 16.7 Å². The average Bonchev–Trinajstić information content (AvgIpc) is 3.10. The lowest BCUT2D eigenvalue weighted by Gasteiger charge is -2.35. The molecule has 2 aliphatic heterocycles. The van der Waals surface area contributed by atoms with E-state index in [0.717, 1.165) is 62.1 Å². The molecule has 2 heterocycles. The maximum absolute atomic E-state index is 12.6. The van der Waals surface area contributed by atoms with Gasteiger partial charge in [-0.3, -0.25) is 9.69 Å². The molecule has 0 atom stereocenters. The first-order valence-corrected chi connectivity index (χ1v) is 9.54. The van der Waals surface area contributed by atoms with Gasteiger partial charge in [0.1, 0.15) is 5.75 Å². The van der Waals surface area contributed by atoms with Crippen LogP contribution >= 0.6 is 11.6 Å².